The number of hydrogen-bond donors (Lipinski definition) is 0. The molecule has 1 aromatic rings. The van der Waals surface area contributed by atoms with Crippen LogP contribution in [-0.4, -0.2) is 9.78 Å². The Labute approximate surface area is 75.2 Å². The molecule has 0 aromatic carbocycles. The van der Waals surface area contributed by atoms with E-state index in [0.717, 1.165) is 0 Å². The van der Waals surface area contributed by atoms with Crippen molar-refractivity contribution in [3.8, 4) is 0 Å². The summed E-state index contributed by atoms with van der Waals surface area (Å²) in [4.78, 5) is 0. The van der Waals surface area contributed by atoms with Crippen LogP contribution in [0.15, 0.2) is 12.3 Å². The molecule has 0 aliphatic carbocycles. The van der Waals surface area contributed by atoms with E-state index in [-0.39, 0.29) is 40.1 Å². The van der Waals surface area contributed by atoms with Crippen molar-refractivity contribution >= 4 is 0 Å². The molecule has 0 atom stereocenters. The summed E-state index contributed by atoms with van der Waals surface area (Å²) >= 11 is 0. The minimum atomic E-state index is 0. The average Bonchev–Trinajstić information content (AvgIpc) is 1.86. The molecule has 0 unspecified atom stereocenters. The summed E-state index contributed by atoms with van der Waals surface area (Å²) in [5.74, 6) is 0. The second-order valence-corrected chi connectivity index (χ2v) is 1.08. The Kier molecular flexibility index (Phi) is 7.60. The third kappa shape index (κ3) is 3.33. The van der Waals surface area contributed by atoms with E-state index in [1.165, 1.54) is 0 Å². The second-order valence-electron chi connectivity index (χ2n) is 1.08. The first kappa shape index (κ1) is 11.2. The number of rotatable bonds is 0. The van der Waals surface area contributed by atoms with Gasteiger partial charge in [-0.25, -0.2) is 0 Å². The molecule has 0 saturated carbocycles. The van der Waals surface area contributed by atoms with Crippen LogP contribution in [-0.2, 0) is 39.8 Å². The molecule has 0 bridgehead atoms. The first-order valence-electron chi connectivity index (χ1n) is 1.75. The summed E-state index contributed by atoms with van der Waals surface area (Å²) < 4.78 is 1.62. The molecule has 3 heteroatoms. The van der Waals surface area contributed by atoms with Gasteiger partial charge in [-0.1, -0.05) is 0 Å². The summed E-state index contributed by atoms with van der Waals surface area (Å²) in [6.45, 7) is 0. The van der Waals surface area contributed by atoms with E-state index in [2.05, 4.69) is 11.3 Å². The minimum absolute atomic E-state index is 0. The van der Waals surface area contributed by atoms with Gasteiger partial charge in [0.05, 0.1) is 0 Å². The quantitative estimate of drug-likeness (QED) is 0.543. The summed E-state index contributed by atoms with van der Waals surface area (Å²) in [5.41, 5.74) is 0. The standard InChI is InChI=1S/C4H5N2.CH3.Y/c1-6-4-2-3-5-6;;/h2-3H,1H3;1H3;/q2*-1;. The van der Waals surface area contributed by atoms with Gasteiger partial charge in [-0.3, -0.25) is 5.10 Å². The molecule has 0 N–H and O–H groups in total. The van der Waals surface area contributed by atoms with Gasteiger partial charge in [0.15, 0.2) is 0 Å². The number of aryl methyl sites for hydroxylation is 1. The zero-order valence-corrected chi connectivity index (χ0v) is 7.96. The maximum absolute atomic E-state index is 3.78. The van der Waals surface area contributed by atoms with Crippen molar-refractivity contribution in [3.05, 3.63) is 25.9 Å². The molecule has 0 saturated heterocycles. The van der Waals surface area contributed by atoms with Gasteiger partial charge in [-0.2, -0.15) is 6.07 Å². The largest absolute Gasteiger partial charge is 0.379 e. The third-order valence-corrected chi connectivity index (χ3v) is 0.576. The van der Waals surface area contributed by atoms with Crippen molar-refractivity contribution < 1.29 is 32.7 Å². The van der Waals surface area contributed by atoms with Gasteiger partial charge in [-0.15, -0.1) is 12.4 Å². The smallest absolute Gasteiger partial charge is 0.00774 e. The van der Waals surface area contributed by atoms with Crippen molar-refractivity contribution in [2.45, 2.75) is 0 Å². The van der Waals surface area contributed by atoms with Crippen molar-refractivity contribution in [2.75, 3.05) is 0 Å². The van der Waals surface area contributed by atoms with Gasteiger partial charge in [-0.05, 0) is 0 Å². The Balaban J connectivity index is 0. The summed E-state index contributed by atoms with van der Waals surface area (Å²) in [6, 6.07) is 1.76. The second kappa shape index (κ2) is 5.45. The van der Waals surface area contributed by atoms with Crippen LogP contribution in [0.25, 0.3) is 0 Å². The molecular weight excluding hydrogens is 177 g/mol. The van der Waals surface area contributed by atoms with E-state index in [4.69, 9.17) is 0 Å². The molecule has 1 heterocycles. The Morgan fingerprint density at radius 2 is 2.25 bits per heavy atom. The Morgan fingerprint density at radius 1 is 1.62 bits per heavy atom. The SMILES string of the molecule is Cn1[c-]ccn1.[CH3-].[Y]. The van der Waals surface area contributed by atoms with Gasteiger partial charge < -0.3 is 12.1 Å². The molecule has 0 aliphatic rings. The molecule has 0 fully saturated rings. The number of aromatic nitrogens is 2. The fourth-order valence-corrected chi connectivity index (χ4v) is 0.308. The van der Waals surface area contributed by atoms with E-state index in [9.17, 15) is 0 Å². The molecule has 43 valence electrons. The number of hydrogen-bond acceptors (Lipinski definition) is 1. The van der Waals surface area contributed by atoms with E-state index < -0.39 is 0 Å². The molecule has 1 radical (unpaired) electrons. The molecule has 0 aliphatic heterocycles. The van der Waals surface area contributed by atoms with Crippen LogP contribution in [0.4, 0.5) is 0 Å². The van der Waals surface area contributed by atoms with Gasteiger partial charge >= 0.3 is 0 Å². The average molecular weight is 185 g/mol. The monoisotopic (exact) mass is 185 g/mol. The van der Waals surface area contributed by atoms with Gasteiger partial charge in [0.1, 0.15) is 0 Å². The Morgan fingerprint density at radius 3 is 2.38 bits per heavy atom. The van der Waals surface area contributed by atoms with Gasteiger partial charge in [0, 0.05) is 39.8 Å². The van der Waals surface area contributed by atoms with Crippen molar-refractivity contribution in [1.82, 2.24) is 9.78 Å². The predicted molar refractivity (Wildman–Crippen MR) is 28.5 cm³/mol. The predicted octanol–water partition coefficient (Wildman–Crippen LogP) is 0.668. The maximum Gasteiger partial charge on any atom is 0.00774 e. The Bertz CT molecular complexity index is 114. The maximum atomic E-state index is 3.78. The zero-order chi connectivity index (χ0) is 4.41. The Hall–Kier alpha value is 0.314. The molecular formula is C5H8N2Y-2. The van der Waals surface area contributed by atoms with Crippen LogP contribution < -0.4 is 0 Å². The topological polar surface area (TPSA) is 17.8 Å². The summed E-state index contributed by atoms with van der Waals surface area (Å²) in [5, 5.41) is 3.78. The van der Waals surface area contributed by atoms with Crippen LogP contribution in [0.5, 0.6) is 0 Å². The number of nitrogens with zero attached hydrogens (tertiary/aromatic N) is 2. The molecule has 1 rings (SSSR count). The van der Waals surface area contributed by atoms with Crippen LogP contribution in [0.2, 0.25) is 0 Å². The summed E-state index contributed by atoms with van der Waals surface area (Å²) in [7, 11) is 1.83. The molecule has 8 heavy (non-hydrogen) atoms. The van der Waals surface area contributed by atoms with E-state index in [0.29, 0.717) is 0 Å². The van der Waals surface area contributed by atoms with Gasteiger partial charge in [0.25, 0.3) is 0 Å². The molecule has 2 nitrogen and oxygen atoms in total. The first-order chi connectivity index (χ1) is 2.89. The zero-order valence-electron chi connectivity index (χ0n) is 5.13. The van der Waals surface area contributed by atoms with Crippen LogP contribution in [0, 0.1) is 13.6 Å². The van der Waals surface area contributed by atoms with Crippen molar-refractivity contribution in [3.63, 3.8) is 0 Å². The summed E-state index contributed by atoms with van der Waals surface area (Å²) in [6.07, 6.45) is 4.50. The van der Waals surface area contributed by atoms with Gasteiger partial charge in [0.2, 0.25) is 0 Å². The van der Waals surface area contributed by atoms with Crippen LogP contribution >= 0.6 is 0 Å². The third-order valence-electron chi connectivity index (χ3n) is 0.576. The molecule has 0 amide bonds. The van der Waals surface area contributed by atoms with Crippen molar-refractivity contribution in [1.29, 1.82) is 0 Å². The minimum Gasteiger partial charge on any atom is -0.379 e. The van der Waals surface area contributed by atoms with Crippen molar-refractivity contribution in [2.24, 2.45) is 7.05 Å². The van der Waals surface area contributed by atoms with E-state index in [1.807, 2.05) is 7.05 Å². The first-order valence-corrected chi connectivity index (χ1v) is 1.75. The van der Waals surface area contributed by atoms with E-state index >= 15 is 0 Å². The normalized spacial score (nSPS) is 6.62. The fourth-order valence-electron chi connectivity index (χ4n) is 0.308. The van der Waals surface area contributed by atoms with E-state index in [1.54, 1.807) is 16.9 Å². The van der Waals surface area contributed by atoms with Crippen LogP contribution in [0.1, 0.15) is 0 Å². The molecule has 1 aromatic heterocycles. The molecule has 0 spiro atoms. The fraction of sp³-hybridized carbons (Fsp3) is 0.200. The van der Waals surface area contributed by atoms with Crippen LogP contribution in [0.3, 0.4) is 0 Å².